The van der Waals surface area contributed by atoms with Crippen LogP contribution in [0.4, 0.5) is 0 Å². The molecule has 0 heterocycles. The minimum absolute atomic E-state index is 0.183. The first-order chi connectivity index (χ1) is 11.0. The van der Waals surface area contributed by atoms with E-state index in [0.29, 0.717) is 11.4 Å². The maximum Gasteiger partial charge on any atom is 0.330 e. The smallest absolute Gasteiger partial charge is 0.330 e. The van der Waals surface area contributed by atoms with Crippen LogP contribution in [0.3, 0.4) is 0 Å². The molecule has 1 rings (SSSR count). The van der Waals surface area contributed by atoms with Crippen LogP contribution in [0.15, 0.2) is 36.9 Å². The van der Waals surface area contributed by atoms with Crippen molar-refractivity contribution < 1.29 is 14.3 Å². The zero-order valence-corrected chi connectivity index (χ0v) is 13.8. The average molecular weight is 335 g/mol. The highest BCUT2D eigenvalue weighted by Crippen LogP contribution is 2.15. The van der Waals surface area contributed by atoms with Crippen molar-refractivity contribution in [3.05, 3.63) is 47.5 Å². The van der Waals surface area contributed by atoms with Crippen LogP contribution >= 0.6 is 11.6 Å². The molecule has 0 aliphatic carbocycles. The van der Waals surface area contributed by atoms with Crippen molar-refractivity contribution in [3.8, 4) is 6.07 Å². The molecule has 1 unspecified atom stereocenters. The number of amides is 1. The highest BCUT2D eigenvalue weighted by molar-refractivity contribution is 6.30. The molecule has 1 aromatic carbocycles. The van der Waals surface area contributed by atoms with E-state index >= 15 is 0 Å². The Balaban J connectivity index is 2.89. The van der Waals surface area contributed by atoms with Gasteiger partial charge in [-0.15, -0.1) is 6.58 Å². The van der Waals surface area contributed by atoms with Gasteiger partial charge in [-0.3, -0.25) is 4.79 Å². The molecule has 0 saturated heterocycles. The van der Waals surface area contributed by atoms with Gasteiger partial charge in [-0.2, -0.15) is 5.26 Å². The molecule has 6 heteroatoms. The average Bonchev–Trinajstić information content (AvgIpc) is 2.56. The Labute approximate surface area is 141 Å². The van der Waals surface area contributed by atoms with Crippen LogP contribution in [0.25, 0.3) is 0 Å². The molecule has 0 saturated carbocycles. The predicted octanol–water partition coefficient (Wildman–Crippen LogP) is 2.74. The molecular formula is C17H19ClN2O3. The predicted molar refractivity (Wildman–Crippen MR) is 87.7 cm³/mol. The molecule has 23 heavy (non-hydrogen) atoms. The Kier molecular flexibility index (Phi) is 7.86. The molecule has 0 N–H and O–H groups in total. The Morgan fingerprint density at radius 3 is 2.65 bits per heavy atom. The van der Waals surface area contributed by atoms with Gasteiger partial charge in [0.1, 0.15) is 12.1 Å². The van der Waals surface area contributed by atoms with Crippen LogP contribution in [0.2, 0.25) is 5.02 Å². The van der Waals surface area contributed by atoms with Gasteiger partial charge in [0.05, 0.1) is 0 Å². The zero-order valence-electron chi connectivity index (χ0n) is 13.0. The van der Waals surface area contributed by atoms with Gasteiger partial charge in [0.25, 0.3) is 0 Å². The minimum atomic E-state index is -0.790. The normalized spacial score (nSPS) is 11.2. The Morgan fingerprint density at radius 1 is 1.43 bits per heavy atom. The first kappa shape index (κ1) is 18.7. The number of carbonyl (C=O) groups excluding carboxylic acids is 2. The molecule has 0 radical (unpaired) electrons. The monoisotopic (exact) mass is 334 g/mol. The summed E-state index contributed by atoms with van der Waals surface area (Å²) in [6.07, 6.45) is 2.73. The third kappa shape index (κ3) is 6.13. The maximum atomic E-state index is 12.2. The van der Waals surface area contributed by atoms with E-state index in [0.717, 1.165) is 5.56 Å². The molecule has 0 aliphatic heterocycles. The number of nitrogens with zero attached hydrogens (tertiary/aromatic N) is 2. The molecule has 1 atom stereocenters. The number of hydrogen-bond acceptors (Lipinski definition) is 4. The van der Waals surface area contributed by atoms with Crippen molar-refractivity contribution in [2.75, 3.05) is 13.7 Å². The van der Waals surface area contributed by atoms with E-state index in [9.17, 15) is 9.59 Å². The summed E-state index contributed by atoms with van der Waals surface area (Å²) in [4.78, 5) is 25.7. The van der Waals surface area contributed by atoms with E-state index < -0.39 is 12.0 Å². The number of hydrogen-bond donors (Lipinski definition) is 0. The summed E-state index contributed by atoms with van der Waals surface area (Å²) in [6, 6.07) is 7.97. The van der Waals surface area contributed by atoms with Crippen molar-refractivity contribution >= 4 is 23.5 Å². The molecular weight excluding hydrogens is 316 g/mol. The topological polar surface area (TPSA) is 70.4 Å². The molecule has 1 aromatic rings. The van der Waals surface area contributed by atoms with Crippen molar-refractivity contribution in [2.45, 2.75) is 25.3 Å². The minimum Gasteiger partial charge on any atom is -0.449 e. The maximum absolute atomic E-state index is 12.2. The molecule has 0 spiro atoms. The number of esters is 1. The highest BCUT2D eigenvalue weighted by atomic mass is 35.5. The largest absolute Gasteiger partial charge is 0.449 e. The lowest BCUT2D eigenvalue weighted by Gasteiger charge is -2.26. The van der Waals surface area contributed by atoms with Gasteiger partial charge in [-0.1, -0.05) is 29.8 Å². The first-order valence-electron chi connectivity index (χ1n) is 7.14. The van der Waals surface area contributed by atoms with Gasteiger partial charge in [0.15, 0.2) is 6.61 Å². The van der Waals surface area contributed by atoms with Gasteiger partial charge in [0, 0.05) is 24.9 Å². The number of carbonyl (C=O) groups is 2. The molecule has 0 bridgehead atoms. The van der Waals surface area contributed by atoms with E-state index in [1.807, 2.05) is 0 Å². The van der Waals surface area contributed by atoms with Crippen LogP contribution in [-0.2, 0) is 20.7 Å². The highest BCUT2D eigenvalue weighted by Gasteiger charge is 2.28. The van der Waals surface area contributed by atoms with Crippen LogP contribution in [0.5, 0.6) is 0 Å². The molecule has 0 aliphatic rings. The molecule has 122 valence electrons. The van der Waals surface area contributed by atoms with E-state index in [1.165, 1.54) is 4.90 Å². The third-order valence-electron chi connectivity index (χ3n) is 3.32. The molecule has 0 fully saturated rings. The number of nitriles is 1. The Hall–Kier alpha value is -2.32. The van der Waals surface area contributed by atoms with Crippen molar-refractivity contribution in [3.63, 3.8) is 0 Å². The zero-order chi connectivity index (χ0) is 17.2. The molecule has 1 amide bonds. The summed E-state index contributed by atoms with van der Waals surface area (Å²) in [7, 11) is 1.56. The van der Waals surface area contributed by atoms with E-state index in [-0.39, 0.29) is 25.4 Å². The lowest BCUT2D eigenvalue weighted by Crippen LogP contribution is -2.44. The SMILES string of the molecule is C=CCCC(=O)N(C)C(Cc1ccc(Cl)cc1)C(=O)OCC#N. The van der Waals surface area contributed by atoms with Crippen molar-refractivity contribution in [1.82, 2.24) is 4.90 Å². The second-order valence-electron chi connectivity index (χ2n) is 4.94. The van der Waals surface area contributed by atoms with Gasteiger partial charge in [0.2, 0.25) is 5.91 Å². The second kappa shape index (κ2) is 9.65. The fraction of sp³-hybridized carbons (Fsp3) is 0.353. The summed E-state index contributed by atoms with van der Waals surface area (Å²) >= 11 is 5.85. The Morgan fingerprint density at radius 2 is 2.09 bits per heavy atom. The second-order valence-corrected chi connectivity index (χ2v) is 5.38. The summed E-state index contributed by atoms with van der Waals surface area (Å²) in [5, 5.41) is 9.14. The van der Waals surface area contributed by atoms with E-state index in [4.69, 9.17) is 21.6 Å². The number of halogens is 1. The van der Waals surface area contributed by atoms with E-state index in [2.05, 4.69) is 6.58 Å². The van der Waals surface area contributed by atoms with Crippen molar-refractivity contribution in [1.29, 1.82) is 5.26 Å². The summed E-state index contributed by atoms with van der Waals surface area (Å²) in [5.41, 5.74) is 0.844. The summed E-state index contributed by atoms with van der Waals surface area (Å²) in [5.74, 6) is -0.784. The van der Waals surface area contributed by atoms with Gasteiger partial charge in [-0.05, 0) is 24.1 Å². The number of benzene rings is 1. The summed E-state index contributed by atoms with van der Waals surface area (Å²) < 4.78 is 4.88. The lowest BCUT2D eigenvalue weighted by atomic mass is 10.0. The van der Waals surface area contributed by atoms with Gasteiger partial charge in [-0.25, -0.2) is 4.79 Å². The molecule has 0 aromatic heterocycles. The standard InChI is InChI=1S/C17H19ClN2O3/c1-3-4-5-16(21)20(2)15(17(22)23-11-10-19)12-13-6-8-14(18)9-7-13/h3,6-9,15H,1,4-5,11-12H2,2H3. The lowest BCUT2D eigenvalue weighted by molar-refractivity contribution is -0.153. The van der Waals surface area contributed by atoms with Gasteiger partial charge >= 0.3 is 5.97 Å². The number of ether oxygens (including phenoxy) is 1. The quantitative estimate of drug-likeness (QED) is 0.541. The molecule has 5 nitrogen and oxygen atoms in total. The van der Waals surface area contributed by atoms with Crippen LogP contribution in [0, 0.1) is 11.3 Å². The third-order valence-corrected chi connectivity index (χ3v) is 3.57. The van der Waals surface area contributed by atoms with Crippen LogP contribution < -0.4 is 0 Å². The number of likely N-dealkylation sites (N-methyl/N-ethyl adjacent to an activating group) is 1. The fourth-order valence-corrected chi connectivity index (χ4v) is 2.12. The van der Waals surface area contributed by atoms with E-state index in [1.54, 1.807) is 43.5 Å². The van der Waals surface area contributed by atoms with Gasteiger partial charge < -0.3 is 9.64 Å². The van der Waals surface area contributed by atoms with Crippen molar-refractivity contribution in [2.24, 2.45) is 0 Å². The first-order valence-corrected chi connectivity index (χ1v) is 7.52. The summed E-state index contributed by atoms with van der Waals surface area (Å²) in [6.45, 7) is 3.23. The number of rotatable bonds is 8. The number of allylic oxidation sites excluding steroid dienone is 1. The Bertz CT molecular complexity index is 593. The van der Waals surface area contributed by atoms with Crippen LogP contribution in [-0.4, -0.2) is 36.5 Å². The fourth-order valence-electron chi connectivity index (χ4n) is 2.00. The van der Waals surface area contributed by atoms with Crippen LogP contribution in [0.1, 0.15) is 18.4 Å².